The summed E-state index contributed by atoms with van der Waals surface area (Å²) in [7, 11) is 3.73. The van der Waals surface area contributed by atoms with Crippen molar-refractivity contribution in [3.05, 3.63) is 23.5 Å². The van der Waals surface area contributed by atoms with Gasteiger partial charge in [0.1, 0.15) is 0 Å². The minimum absolute atomic E-state index is 0.0641. The van der Waals surface area contributed by atoms with Crippen molar-refractivity contribution in [2.45, 2.75) is 19.4 Å². The van der Waals surface area contributed by atoms with E-state index in [4.69, 9.17) is 5.73 Å². The smallest absolute Gasteiger partial charge is 0.293 e. The average molecular weight is 371 g/mol. The number of hydrazone groups is 1. The quantitative estimate of drug-likeness (QED) is 0.417. The van der Waals surface area contributed by atoms with Crippen LogP contribution in [0.4, 0.5) is 5.82 Å². The minimum Gasteiger partial charge on any atom is -0.378 e. The number of aromatic nitrogens is 5. The molecule has 142 valence electrons. The molecule has 2 bridgehead atoms. The first-order valence-electron chi connectivity index (χ1n) is 8.72. The van der Waals surface area contributed by atoms with Crippen LogP contribution in [-0.4, -0.2) is 56.4 Å². The van der Waals surface area contributed by atoms with Gasteiger partial charge in [0.2, 0.25) is 11.6 Å². The summed E-state index contributed by atoms with van der Waals surface area (Å²) in [5, 5.41) is 19.4. The van der Waals surface area contributed by atoms with Crippen LogP contribution in [0.15, 0.2) is 21.9 Å². The fraction of sp³-hybridized carbons (Fsp3) is 0.500. The first-order chi connectivity index (χ1) is 13.0. The number of allylic oxidation sites excluding steroid dienone is 2. The highest BCUT2D eigenvalue weighted by molar-refractivity contribution is 5.93. The van der Waals surface area contributed by atoms with Crippen molar-refractivity contribution < 1.29 is 9.42 Å². The monoisotopic (exact) mass is 371 g/mol. The van der Waals surface area contributed by atoms with E-state index >= 15 is 0 Å². The maximum atomic E-state index is 12.6. The highest BCUT2D eigenvalue weighted by Crippen LogP contribution is 2.42. The number of nitrogen functional groups attached to an aromatic ring is 1. The summed E-state index contributed by atoms with van der Waals surface area (Å²) >= 11 is 0. The standard InChI is InChI=1S/C16H21N9O2/c1-24(2)8-12-13(19-23-25(12)15-14(17)21-27-22-15)16(26)20-18-7-11-6-9-3-4-10(11)5-9/h3-4,7,9-11H,5-6,8H2,1-2H3,(H2,17,21)(H,20,26)/b18-7-/t9-,10+,11+/m1/s1. The van der Waals surface area contributed by atoms with Crippen molar-refractivity contribution in [1.29, 1.82) is 0 Å². The van der Waals surface area contributed by atoms with Gasteiger partial charge < -0.3 is 10.6 Å². The molecule has 2 aliphatic rings. The van der Waals surface area contributed by atoms with Crippen molar-refractivity contribution >= 4 is 17.9 Å². The Labute approximate surface area is 155 Å². The molecule has 2 heterocycles. The number of hydrogen-bond acceptors (Lipinski definition) is 9. The van der Waals surface area contributed by atoms with Crippen molar-refractivity contribution in [2.24, 2.45) is 22.9 Å². The van der Waals surface area contributed by atoms with E-state index in [1.165, 1.54) is 11.1 Å². The zero-order chi connectivity index (χ0) is 19.0. The van der Waals surface area contributed by atoms with E-state index in [2.05, 4.69) is 47.9 Å². The van der Waals surface area contributed by atoms with Gasteiger partial charge in [0, 0.05) is 18.7 Å². The van der Waals surface area contributed by atoms with Gasteiger partial charge in [0.25, 0.3) is 5.91 Å². The third-order valence-corrected chi connectivity index (χ3v) is 4.90. The molecule has 4 rings (SSSR count). The molecule has 11 nitrogen and oxygen atoms in total. The molecule has 0 aliphatic heterocycles. The van der Waals surface area contributed by atoms with Gasteiger partial charge in [0.05, 0.1) is 5.69 Å². The number of carbonyl (C=O) groups is 1. The largest absolute Gasteiger partial charge is 0.378 e. The SMILES string of the molecule is CN(C)Cc1c(C(=O)N/N=C\[C@@H]2C[C@@H]3C=C[C@H]2C3)nnn1-c1nonc1N. The van der Waals surface area contributed by atoms with E-state index in [1.54, 1.807) is 0 Å². The molecule has 2 aliphatic carbocycles. The van der Waals surface area contributed by atoms with Crippen LogP contribution >= 0.6 is 0 Å². The number of anilines is 1. The molecule has 1 amide bonds. The molecule has 3 N–H and O–H groups in total. The van der Waals surface area contributed by atoms with Crippen LogP contribution in [0.5, 0.6) is 0 Å². The summed E-state index contributed by atoms with van der Waals surface area (Å²) in [5.41, 5.74) is 8.95. The highest BCUT2D eigenvalue weighted by atomic mass is 16.6. The molecule has 2 aromatic rings. The molecule has 0 aromatic carbocycles. The Morgan fingerprint density at radius 3 is 2.93 bits per heavy atom. The number of fused-ring (bicyclic) bond motifs is 2. The first kappa shape index (κ1) is 17.3. The summed E-state index contributed by atoms with van der Waals surface area (Å²) in [5.74, 6) is 1.37. The molecule has 11 heteroatoms. The molecule has 2 aromatic heterocycles. The molecule has 27 heavy (non-hydrogen) atoms. The van der Waals surface area contributed by atoms with Crippen LogP contribution in [0, 0.1) is 17.8 Å². The van der Waals surface area contributed by atoms with Gasteiger partial charge in [-0.2, -0.15) is 9.78 Å². The molecular weight excluding hydrogens is 350 g/mol. The zero-order valence-electron chi connectivity index (χ0n) is 15.1. The Morgan fingerprint density at radius 1 is 1.44 bits per heavy atom. The first-order valence-corrected chi connectivity index (χ1v) is 8.72. The lowest BCUT2D eigenvalue weighted by Crippen LogP contribution is -2.24. The lowest BCUT2D eigenvalue weighted by molar-refractivity contribution is 0.0948. The number of nitrogens with two attached hydrogens (primary N) is 1. The number of amides is 1. The van der Waals surface area contributed by atoms with E-state index in [9.17, 15) is 4.79 Å². The van der Waals surface area contributed by atoms with Gasteiger partial charge in [-0.25, -0.2) is 10.1 Å². The second kappa shape index (κ2) is 6.91. The Morgan fingerprint density at radius 2 is 2.30 bits per heavy atom. The van der Waals surface area contributed by atoms with E-state index < -0.39 is 5.91 Å². The van der Waals surface area contributed by atoms with Gasteiger partial charge in [-0.05, 0) is 49.1 Å². The van der Waals surface area contributed by atoms with Crippen LogP contribution in [0.1, 0.15) is 29.0 Å². The van der Waals surface area contributed by atoms with Crippen molar-refractivity contribution in [2.75, 3.05) is 19.8 Å². The Hall–Kier alpha value is -3.08. The molecule has 0 unspecified atom stereocenters. The number of rotatable bonds is 6. The van der Waals surface area contributed by atoms with E-state index in [0.29, 0.717) is 30.0 Å². The fourth-order valence-electron chi connectivity index (χ4n) is 3.67. The van der Waals surface area contributed by atoms with Crippen molar-refractivity contribution in [3.8, 4) is 5.82 Å². The zero-order valence-corrected chi connectivity index (χ0v) is 15.1. The van der Waals surface area contributed by atoms with Crippen LogP contribution in [0.25, 0.3) is 5.82 Å². The summed E-state index contributed by atoms with van der Waals surface area (Å²) in [4.78, 5) is 14.5. The van der Waals surface area contributed by atoms with Crippen LogP contribution in [0.2, 0.25) is 0 Å². The molecular formula is C16H21N9O2. The number of hydrogen-bond donors (Lipinski definition) is 2. The summed E-state index contributed by atoms with van der Waals surface area (Å²) in [6, 6.07) is 0. The molecule has 0 spiro atoms. The van der Waals surface area contributed by atoms with Gasteiger partial charge in [-0.3, -0.25) is 4.79 Å². The van der Waals surface area contributed by atoms with E-state index in [0.717, 1.165) is 6.42 Å². The lowest BCUT2D eigenvalue weighted by Gasteiger charge is -2.12. The van der Waals surface area contributed by atoms with E-state index in [1.807, 2.05) is 25.2 Å². The maximum Gasteiger partial charge on any atom is 0.293 e. The molecule has 3 atom stereocenters. The average Bonchev–Trinajstić information content (AvgIpc) is 3.38. The fourth-order valence-corrected chi connectivity index (χ4v) is 3.67. The van der Waals surface area contributed by atoms with Crippen molar-refractivity contribution in [1.82, 2.24) is 35.6 Å². The second-order valence-corrected chi connectivity index (χ2v) is 7.17. The number of nitrogens with zero attached hydrogens (tertiary/aromatic N) is 7. The Balaban J connectivity index is 1.52. The Kier molecular flexibility index (Phi) is 4.44. The normalized spacial score (nSPS) is 23.7. The van der Waals surface area contributed by atoms with Gasteiger partial charge in [-0.1, -0.05) is 17.4 Å². The molecule has 1 saturated carbocycles. The minimum atomic E-state index is -0.442. The van der Waals surface area contributed by atoms with Crippen LogP contribution in [-0.2, 0) is 6.54 Å². The van der Waals surface area contributed by atoms with Crippen LogP contribution < -0.4 is 11.2 Å². The number of carbonyl (C=O) groups excluding carboxylic acids is 1. The van der Waals surface area contributed by atoms with E-state index in [-0.39, 0.29) is 17.3 Å². The summed E-state index contributed by atoms with van der Waals surface area (Å²) in [6.07, 6.45) is 8.59. The molecule has 0 saturated heterocycles. The topological polar surface area (TPSA) is 140 Å². The maximum absolute atomic E-state index is 12.6. The summed E-state index contributed by atoms with van der Waals surface area (Å²) in [6.45, 7) is 0.392. The lowest BCUT2D eigenvalue weighted by atomic mass is 9.95. The third kappa shape index (κ3) is 3.33. The van der Waals surface area contributed by atoms with Crippen molar-refractivity contribution in [3.63, 3.8) is 0 Å². The summed E-state index contributed by atoms with van der Waals surface area (Å²) < 4.78 is 5.97. The Bertz CT molecular complexity index is 898. The number of nitrogens with one attached hydrogen (secondary N) is 1. The van der Waals surface area contributed by atoms with Gasteiger partial charge in [0.15, 0.2) is 5.69 Å². The van der Waals surface area contributed by atoms with Crippen LogP contribution in [0.3, 0.4) is 0 Å². The highest BCUT2D eigenvalue weighted by Gasteiger charge is 2.34. The predicted molar refractivity (Wildman–Crippen MR) is 95.8 cm³/mol. The van der Waals surface area contributed by atoms with Gasteiger partial charge >= 0.3 is 0 Å². The molecule has 1 fully saturated rings. The second-order valence-electron chi connectivity index (χ2n) is 7.17. The molecule has 0 radical (unpaired) electrons. The third-order valence-electron chi connectivity index (χ3n) is 4.90. The predicted octanol–water partition coefficient (Wildman–Crippen LogP) is 0.222. The van der Waals surface area contributed by atoms with Gasteiger partial charge in [-0.15, -0.1) is 5.10 Å².